The number of rotatable bonds is 6. The van der Waals surface area contributed by atoms with E-state index in [0.717, 1.165) is 18.2 Å². The molecule has 1 aromatic rings. The summed E-state index contributed by atoms with van der Waals surface area (Å²) < 4.78 is 13.8. The van der Waals surface area contributed by atoms with Crippen molar-refractivity contribution in [1.82, 2.24) is 4.90 Å². The smallest absolute Gasteiger partial charge is 0.255 e. The van der Waals surface area contributed by atoms with Crippen LogP contribution in [-0.2, 0) is 0 Å². The molecule has 0 aliphatic rings. The number of hydrogen-bond donors (Lipinski definition) is 0. The first-order valence-electron chi connectivity index (χ1n) is 5.90. The molecule has 0 saturated heterocycles. The standard InChI is InChI=1S/C13H16Br2FNO/c1-2-3-7-17(8-6-14)13(18)11-9-10(16)4-5-12(11)15/h4-5,9H,2-3,6-8H2,1H3. The van der Waals surface area contributed by atoms with Crippen LogP contribution in [0.1, 0.15) is 30.1 Å². The monoisotopic (exact) mass is 379 g/mol. The second kappa shape index (κ2) is 7.89. The summed E-state index contributed by atoms with van der Waals surface area (Å²) in [6.45, 7) is 3.40. The minimum atomic E-state index is -0.393. The van der Waals surface area contributed by atoms with E-state index >= 15 is 0 Å². The van der Waals surface area contributed by atoms with Crippen molar-refractivity contribution in [3.05, 3.63) is 34.1 Å². The van der Waals surface area contributed by atoms with Gasteiger partial charge in [-0.2, -0.15) is 0 Å². The van der Waals surface area contributed by atoms with Crippen molar-refractivity contribution in [3.63, 3.8) is 0 Å². The lowest BCUT2D eigenvalue weighted by atomic mass is 10.2. The predicted octanol–water partition coefficient (Wildman–Crippen LogP) is 4.23. The topological polar surface area (TPSA) is 20.3 Å². The Kier molecular flexibility index (Phi) is 6.86. The van der Waals surface area contributed by atoms with E-state index in [1.807, 2.05) is 0 Å². The quantitative estimate of drug-likeness (QED) is 0.676. The molecule has 0 fully saturated rings. The predicted molar refractivity (Wildman–Crippen MR) is 78.7 cm³/mol. The minimum Gasteiger partial charge on any atom is -0.338 e. The van der Waals surface area contributed by atoms with Gasteiger partial charge in [0.15, 0.2) is 0 Å². The number of benzene rings is 1. The average Bonchev–Trinajstić information content (AvgIpc) is 2.36. The molecule has 0 N–H and O–H groups in total. The van der Waals surface area contributed by atoms with E-state index < -0.39 is 5.82 Å². The van der Waals surface area contributed by atoms with Gasteiger partial charge in [-0.05, 0) is 40.5 Å². The van der Waals surface area contributed by atoms with Crippen LogP contribution in [0.15, 0.2) is 22.7 Å². The van der Waals surface area contributed by atoms with Gasteiger partial charge in [0.1, 0.15) is 5.82 Å². The Morgan fingerprint density at radius 2 is 2.11 bits per heavy atom. The Morgan fingerprint density at radius 1 is 1.39 bits per heavy atom. The van der Waals surface area contributed by atoms with Crippen LogP contribution in [0.4, 0.5) is 4.39 Å². The van der Waals surface area contributed by atoms with E-state index in [2.05, 4.69) is 38.8 Å². The first kappa shape index (κ1) is 15.6. The second-order valence-corrected chi connectivity index (χ2v) is 5.61. The highest BCUT2D eigenvalue weighted by Gasteiger charge is 2.17. The minimum absolute atomic E-state index is 0.130. The number of unbranched alkanes of at least 4 members (excludes halogenated alkanes) is 1. The van der Waals surface area contributed by atoms with Gasteiger partial charge in [-0.15, -0.1) is 0 Å². The van der Waals surface area contributed by atoms with E-state index in [0.29, 0.717) is 23.1 Å². The third-order valence-corrected chi connectivity index (χ3v) is 3.63. The third kappa shape index (κ3) is 4.35. The summed E-state index contributed by atoms with van der Waals surface area (Å²) in [6, 6.07) is 4.18. The Bertz CT molecular complexity index is 412. The Morgan fingerprint density at radius 3 is 2.72 bits per heavy atom. The van der Waals surface area contributed by atoms with Gasteiger partial charge in [0.2, 0.25) is 0 Å². The van der Waals surface area contributed by atoms with Gasteiger partial charge in [-0.3, -0.25) is 4.79 Å². The third-order valence-electron chi connectivity index (χ3n) is 2.58. The molecule has 1 rings (SSSR count). The molecule has 0 radical (unpaired) electrons. The summed E-state index contributed by atoms with van der Waals surface area (Å²) >= 11 is 6.63. The highest BCUT2D eigenvalue weighted by Crippen LogP contribution is 2.20. The van der Waals surface area contributed by atoms with Crippen LogP contribution in [0.25, 0.3) is 0 Å². The first-order valence-corrected chi connectivity index (χ1v) is 7.82. The molecule has 0 atom stereocenters. The van der Waals surface area contributed by atoms with Crippen LogP contribution in [0.5, 0.6) is 0 Å². The maximum atomic E-state index is 13.2. The highest BCUT2D eigenvalue weighted by atomic mass is 79.9. The fraction of sp³-hybridized carbons (Fsp3) is 0.462. The zero-order valence-electron chi connectivity index (χ0n) is 10.3. The number of alkyl halides is 1. The number of nitrogens with zero attached hydrogens (tertiary/aromatic N) is 1. The maximum absolute atomic E-state index is 13.2. The van der Waals surface area contributed by atoms with Crippen molar-refractivity contribution >= 4 is 37.8 Å². The van der Waals surface area contributed by atoms with E-state index in [9.17, 15) is 9.18 Å². The molecule has 2 nitrogen and oxygen atoms in total. The zero-order valence-corrected chi connectivity index (χ0v) is 13.4. The number of amides is 1. The van der Waals surface area contributed by atoms with Crippen molar-refractivity contribution < 1.29 is 9.18 Å². The van der Waals surface area contributed by atoms with Crippen molar-refractivity contribution in [2.75, 3.05) is 18.4 Å². The molecule has 0 aliphatic heterocycles. The Hall–Kier alpha value is -0.420. The number of hydrogen-bond acceptors (Lipinski definition) is 1. The fourth-order valence-corrected chi connectivity index (χ4v) is 2.44. The van der Waals surface area contributed by atoms with Crippen molar-refractivity contribution in [2.45, 2.75) is 19.8 Å². The van der Waals surface area contributed by atoms with Crippen molar-refractivity contribution in [3.8, 4) is 0 Å². The molecule has 0 spiro atoms. The van der Waals surface area contributed by atoms with Crippen LogP contribution in [-0.4, -0.2) is 29.2 Å². The molecule has 1 aromatic carbocycles. The zero-order chi connectivity index (χ0) is 13.5. The van der Waals surface area contributed by atoms with Crippen LogP contribution >= 0.6 is 31.9 Å². The molecular formula is C13H16Br2FNO. The number of carbonyl (C=O) groups is 1. The lowest BCUT2D eigenvalue weighted by molar-refractivity contribution is 0.0763. The summed E-state index contributed by atoms with van der Waals surface area (Å²) in [5.41, 5.74) is 0.382. The fourth-order valence-electron chi connectivity index (χ4n) is 1.60. The molecule has 5 heteroatoms. The molecule has 0 aromatic heterocycles. The summed E-state index contributed by atoms with van der Waals surface area (Å²) in [7, 11) is 0. The average molecular weight is 381 g/mol. The summed E-state index contributed by atoms with van der Waals surface area (Å²) in [6.07, 6.45) is 1.97. The van der Waals surface area contributed by atoms with Gasteiger partial charge < -0.3 is 4.90 Å². The molecule has 0 unspecified atom stereocenters. The summed E-state index contributed by atoms with van der Waals surface area (Å²) in [5.74, 6) is -0.523. The van der Waals surface area contributed by atoms with Crippen LogP contribution in [0.3, 0.4) is 0 Å². The lowest BCUT2D eigenvalue weighted by Crippen LogP contribution is -2.33. The second-order valence-electron chi connectivity index (χ2n) is 3.96. The van der Waals surface area contributed by atoms with E-state index in [1.165, 1.54) is 12.1 Å². The molecule has 0 saturated carbocycles. The SMILES string of the molecule is CCCCN(CCBr)C(=O)c1cc(F)ccc1Br. The maximum Gasteiger partial charge on any atom is 0.255 e. The first-order chi connectivity index (χ1) is 8.60. The highest BCUT2D eigenvalue weighted by molar-refractivity contribution is 9.10. The molecule has 18 heavy (non-hydrogen) atoms. The molecule has 1 amide bonds. The number of halogens is 3. The van der Waals surface area contributed by atoms with Gasteiger partial charge in [0, 0.05) is 22.9 Å². The van der Waals surface area contributed by atoms with Crippen LogP contribution in [0, 0.1) is 5.82 Å². The summed E-state index contributed by atoms with van der Waals surface area (Å²) in [5, 5.41) is 0.718. The van der Waals surface area contributed by atoms with Crippen LogP contribution < -0.4 is 0 Å². The molecule has 0 bridgehead atoms. The Balaban J connectivity index is 2.90. The van der Waals surface area contributed by atoms with Gasteiger partial charge in [0.25, 0.3) is 5.91 Å². The number of carbonyl (C=O) groups excluding carboxylic acids is 1. The molecule has 100 valence electrons. The largest absolute Gasteiger partial charge is 0.338 e. The normalized spacial score (nSPS) is 10.4. The molecule has 0 heterocycles. The summed E-state index contributed by atoms with van der Waals surface area (Å²) in [4.78, 5) is 14.1. The van der Waals surface area contributed by atoms with Gasteiger partial charge in [0.05, 0.1) is 5.56 Å². The van der Waals surface area contributed by atoms with Crippen molar-refractivity contribution in [1.29, 1.82) is 0 Å². The van der Waals surface area contributed by atoms with Gasteiger partial charge in [-0.25, -0.2) is 4.39 Å². The van der Waals surface area contributed by atoms with E-state index in [-0.39, 0.29) is 5.91 Å². The Labute approximate surface area is 124 Å². The van der Waals surface area contributed by atoms with Crippen molar-refractivity contribution in [2.24, 2.45) is 0 Å². The van der Waals surface area contributed by atoms with Gasteiger partial charge in [-0.1, -0.05) is 29.3 Å². The van der Waals surface area contributed by atoms with Gasteiger partial charge >= 0.3 is 0 Å². The lowest BCUT2D eigenvalue weighted by Gasteiger charge is -2.22. The van der Waals surface area contributed by atoms with E-state index in [4.69, 9.17) is 0 Å². The van der Waals surface area contributed by atoms with Crippen LogP contribution in [0.2, 0.25) is 0 Å². The van der Waals surface area contributed by atoms with E-state index in [1.54, 1.807) is 11.0 Å². The molecule has 0 aliphatic carbocycles. The molecular weight excluding hydrogens is 365 g/mol.